The number of aryl methyl sites for hydroxylation is 2. The molecule has 146 valence electrons. The molecule has 5 nitrogen and oxygen atoms in total. The predicted octanol–water partition coefficient (Wildman–Crippen LogP) is 4.05. The van der Waals surface area contributed by atoms with Crippen LogP contribution in [0.3, 0.4) is 0 Å². The second-order valence-corrected chi connectivity index (χ2v) is 9.38. The molecule has 3 heterocycles. The summed E-state index contributed by atoms with van der Waals surface area (Å²) in [6, 6.07) is 0.219. The van der Waals surface area contributed by atoms with E-state index in [4.69, 9.17) is 4.98 Å². The molecular weight excluding hydrogens is 358 g/mol. The Kier molecular flexibility index (Phi) is 5.10. The van der Waals surface area contributed by atoms with Crippen LogP contribution in [0.4, 0.5) is 0 Å². The van der Waals surface area contributed by atoms with Crippen molar-refractivity contribution in [2.45, 2.75) is 78.3 Å². The number of fused-ring (bicyclic) bond motifs is 2. The molecule has 1 N–H and O–H groups in total. The van der Waals surface area contributed by atoms with Crippen LogP contribution < -0.4 is 10.9 Å². The molecule has 0 radical (unpaired) electrons. The SMILES string of the molecule is Cc1c(C(=O)NC2CCCC(C)C2C)sc2nc3n(c(=O)c12)CCCCC3. The fourth-order valence-electron chi connectivity index (χ4n) is 4.65. The van der Waals surface area contributed by atoms with Gasteiger partial charge in [-0.3, -0.25) is 14.2 Å². The third kappa shape index (κ3) is 3.33. The van der Waals surface area contributed by atoms with Crippen LogP contribution in [-0.4, -0.2) is 21.5 Å². The number of carbonyl (C=O) groups excluding carboxylic acids is 1. The van der Waals surface area contributed by atoms with Gasteiger partial charge in [0.25, 0.3) is 11.5 Å². The van der Waals surface area contributed by atoms with Crippen LogP contribution >= 0.6 is 11.3 Å². The van der Waals surface area contributed by atoms with Crippen LogP contribution in [-0.2, 0) is 13.0 Å². The van der Waals surface area contributed by atoms with E-state index in [1.54, 1.807) is 0 Å². The number of thiophene rings is 1. The van der Waals surface area contributed by atoms with Crippen molar-refractivity contribution in [3.05, 3.63) is 26.6 Å². The van der Waals surface area contributed by atoms with Gasteiger partial charge in [0, 0.05) is 19.0 Å². The Morgan fingerprint density at radius 3 is 2.81 bits per heavy atom. The Balaban J connectivity index is 1.68. The molecule has 2 aromatic rings. The summed E-state index contributed by atoms with van der Waals surface area (Å²) in [5.41, 5.74) is 0.824. The Labute approximate surface area is 164 Å². The van der Waals surface area contributed by atoms with Crippen molar-refractivity contribution in [1.82, 2.24) is 14.9 Å². The van der Waals surface area contributed by atoms with Crippen LogP contribution in [0.1, 0.15) is 73.4 Å². The van der Waals surface area contributed by atoms with E-state index in [9.17, 15) is 9.59 Å². The van der Waals surface area contributed by atoms with E-state index in [1.807, 2.05) is 11.5 Å². The fraction of sp³-hybridized carbons (Fsp3) is 0.667. The van der Waals surface area contributed by atoms with Gasteiger partial charge in [0.1, 0.15) is 10.7 Å². The molecule has 1 aliphatic heterocycles. The van der Waals surface area contributed by atoms with Gasteiger partial charge < -0.3 is 5.32 Å². The summed E-state index contributed by atoms with van der Waals surface area (Å²) in [5, 5.41) is 3.89. The molecule has 6 heteroatoms. The Morgan fingerprint density at radius 2 is 2.00 bits per heavy atom. The van der Waals surface area contributed by atoms with Gasteiger partial charge in [-0.2, -0.15) is 0 Å². The lowest BCUT2D eigenvalue weighted by atomic mass is 9.78. The van der Waals surface area contributed by atoms with Crippen LogP contribution in [0.15, 0.2) is 4.79 Å². The topological polar surface area (TPSA) is 64.0 Å². The minimum atomic E-state index is -0.0407. The summed E-state index contributed by atoms with van der Waals surface area (Å²) in [5.74, 6) is 1.96. The van der Waals surface area contributed by atoms with Crippen LogP contribution in [0, 0.1) is 18.8 Å². The van der Waals surface area contributed by atoms with Crippen molar-refractivity contribution in [2.75, 3.05) is 0 Å². The molecule has 1 saturated carbocycles. The van der Waals surface area contributed by atoms with Gasteiger partial charge in [0.05, 0.1) is 10.3 Å². The number of hydrogen-bond acceptors (Lipinski definition) is 4. The molecule has 0 saturated heterocycles. The maximum Gasteiger partial charge on any atom is 0.262 e. The lowest BCUT2D eigenvalue weighted by Crippen LogP contribution is -2.43. The average molecular weight is 388 g/mol. The first-order chi connectivity index (χ1) is 13.0. The Morgan fingerprint density at radius 1 is 1.19 bits per heavy atom. The number of rotatable bonds is 2. The summed E-state index contributed by atoms with van der Waals surface area (Å²) in [7, 11) is 0. The van der Waals surface area contributed by atoms with Crippen molar-refractivity contribution in [3.63, 3.8) is 0 Å². The molecule has 0 bridgehead atoms. The van der Waals surface area contributed by atoms with Crippen LogP contribution in [0.25, 0.3) is 10.2 Å². The molecule has 0 spiro atoms. The van der Waals surface area contributed by atoms with Crippen molar-refractivity contribution in [2.24, 2.45) is 11.8 Å². The number of amides is 1. The summed E-state index contributed by atoms with van der Waals surface area (Å²) >= 11 is 1.38. The highest BCUT2D eigenvalue weighted by atomic mass is 32.1. The number of aromatic nitrogens is 2. The van der Waals surface area contributed by atoms with Gasteiger partial charge in [-0.1, -0.05) is 33.1 Å². The minimum absolute atomic E-state index is 0.0318. The highest BCUT2D eigenvalue weighted by Gasteiger charge is 2.30. The van der Waals surface area contributed by atoms with Gasteiger partial charge in [-0.05, 0) is 43.6 Å². The fourth-order valence-corrected chi connectivity index (χ4v) is 5.74. The third-order valence-electron chi connectivity index (χ3n) is 6.64. The lowest BCUT2D eigenvalue weighted by Gasteiger charge is -2.34. The van der Waals surface area contributed by atoms with E-state index in [-0.39, 0.29) is 17.5 Å². The molecule has 1 fully saturated rings. The highest BCUT2D eigenvalue weighted by Crippen LogP contribution is 2.32. The van der Waals surface area contributed by atoms with Crippen LogP contribution in [0.2, 0.25) is 0 Å². The highest BCUT2D eigenvalue weighted by molar-refractivity contribution is 7.20. The summed E-state index contributed by atoms with van der Waals surface area (Å²) < 4.78 is 1.83. The molecule has 1 amide bonds. The molecule has 2 aliphatic rings. The van der Waals surface area contributed by atoms with Crippen molar-refractivity contribution < 1.29 is 4.79 Å². The first-order valence-electron chi connectivity index (χ1n) is 10.3. The van der Waals surface area contributed by atoms with Gasteiger partial charge in [0.2, 0.25) is 0 Å². The Bertz CT molecular complexity index is 930. The number of hydrogen-bond donors (Lipinski definition) is 1. The third-order valence-corrected chi connectivity index (χ3v) is 7.83. The first-order valence-corrected chi connectivity index (χ1v) is 11.1. The van der Waals surface area contributed by atoms with E-state index in [0.29, 0.717) is 22.1 Å². The van der Waals surface area contributed by atoms with E-state index < -0.39 is 0 Å². The molecule has 4 rings (SSSR count). The normalized spacial score (nSPS) is 25.8. The van der Waals surface area contributed by atoms with Crippen molar-refractivity contribution in [1.29, 1.82) is 0 Å². The van der Waals surface area contributed by atoms with Crippen LogP contribution in [0.5, 0.6) is 0 Å². The first kappa shape index (κ1) is 18.7. The van der Waals surface area contributed by atoms with Gasteiger partial charge in [0.15, 0.2) is 0 Å². The monoisotopic (exact) mass is 387 g/mol. The van der Waals surface area contributed by atoms with E-state index in [2.05, 4.69) is 19.2 Å². The second kappa shape index (κ2) is 7.38. The van der Waals surface area contributed by atoms with E-state index >= 15 is 0 Å². The number of nitrogens with zero attached hydrogens (tertiary/aromatic N) is 2. The average Bonchev–Trinajstić information content (AvgIpc) is 2.81. The zero-order valence-corrected chi connectivity index (χ0v) is 17.3. The minimum Gasteiger partial charge on any atom is -0.348 e. The summed E-state index contributed by atoms with van der Waals surface area (Å²) in [4.78, 5) is 32.2. The molecule has 27 heavy (non-hydrogen) atoms. The molecule has 0 aromatic carbocycles. The molecule has 3 atom stereocenters. The molecular formula is C21H29N3O2S. The Hall–Kier alpha value is -1.69. The smallest absolute Gasteiger partial charge is 0.262 e. The van der Waals surface area contributed by atoms with Gasteiger partial charge >= 0.3 is 0 Å². The zero-order valence-electron chi connectivity index (χ0n) is 16.5. The van der Waals surface area contributed by atoms with E-state index in [0.717, 1.165) is 61.3 Å². The van der Waals surface area contributed by atoms with Gasteiger partial charge in [-0.25, -0.2) is 4.98 Å². The summed E-state index contributed by atoms with van der Waals surface area (Å²) in [6.45, 7) is 7.14. The summed E-state index contributed by atoms with van der Waals surface area (Å²) in [6.07, 6.45) is 7.53. The second-order valence-electron chi connectivity index (χ2n) is 8.38. The van der Waals surface area contributed by atoms with Crippen molar-refractivity contribution in [3.8, 4) is 0 Å². The maximum absolute atomic E-state index is 13.1. The largest absolute Gasteiger partial charge is 0.348 e. The predicted molar refractivity (Wildman–Crippen MR) is 110 cm³/mol. The van der Waals surface area contributed by atoms with E-state index in [1.165, 1.54) is 17.8 Å². The standard InChI is InChI=1S/C21H29N3O2S/c1-12-8-7-9-15(13(12)2)22-19(25)18-14(3)17-20(27-18)23-16-10-5-4-6-11-24(16)21(17)26/h12-13,15H,4-11H2,1-3H3,(H,22,25). The quantitative estimate of drug-likeness (QED) is 0.845. The maximum atomic E-state index is 13.1. The molecule has 1 aliphatic carbocycles. The van der Waals surface area contributed by atoms with Crippen molar-refractivity contribution >= 4 is 27.5 Å². The number of nitrogens with one attached hydrogen (secondary N) is 1. The molecule has 2 aromatic heterocycles. The van der Waals surface area contributed by atoms with Gasteiger partial charge in [-0.15, -0.1) is 11.3 Å². The molecule has 3 unspecified atom stereocenters. The zero-order chi connectivity index (χ0) is 19.1. The number of carbonyl (C=O) groups is 1. The lowest BCUT2D eigenvalue weighted by molar-refractivity contribution is 0.0895.